The summed E-state index contributed by atoms with van der Waals surface area (Å²) in [5, 5.41) is 0. The summed E-state index contributed by atoms with van der Waals surface area (Å²) in [6, 6.07) is 7.97. The molecule has 0 nitrogen and oxygen atoms in total. The molecule has 1 aromatic rings. The van der Waals surface area contributed by atoms with Crippen molar-refractivity contribution in [1.29, 1.82) is 0 Å². The first kappa shape index (κ1) is 9.45. The first-order chi connectivity index (χ1) is 5.47. The van der Waals surface area contributed by atoms with E-state index in [9.17, 15) is 4.39 Å². The van der Waals surface area contributed by atoms with Gasteiger partial charge < -0.3 is 0 Å². The molecule has 0 N–H and O–H groups in total. The van der Waals surface area contributed by atoms with Gasteiger partial charge in [-0.3, -0.25) is 0 Å². The van der Waals surface area contributed by atoms with Crippen LogP contribution in [0.5, 0.6) is 0 Å². The van der Waals surface area contributed by atoms with Crippen LogP contribution < -0.4 is 0 Å². The first-order valence-corrected chi connectivity index (χ1v) is 7.92. The molecule has 0 saturated carbocycles. The predicted octanol–water partition coefficient (Wildman–Crippen LogP) is 3.25. The smallest absolute Gasteiger partial charge is 0.123 e. The van der Waals surface area contributed by atoms with Gasteiger partial charge in [-0.25, -0.2) is 4.39 Å². The standard InChI is InChI=1S/C10H15FSi/c1-12(2,3)8-9-4-6-10(11)7-5-9/h4-7H,8H2,1-3H3. The van der Waals surface area contributed by atoms with Gasteiger partial charge in [0.25, 0.3) is 0 Å². The van der Waals surface area contributed by atoms with Crippen LogP contribution in [0.25, 0.3) is 0 Å². The summed E-state index contributed by atoms with van der Waals surface area (Å²) in [5.74, 6) is -0.144. The maximum atomic E-state index is 12.5. The third-order valence-corrected chi connectivity index (χ3v) is 3.12. The van der Waals surface area contributed by atoms with Crippen molar-refractivity contribution in [2.45, 2.75) is 25.7 Å². The van der Waals surface area contributed by atoms with Gasteiger partial charge in [-0.15, -0.1) is 0 Å². The second kappa shape index (κ2) is 3.40. The molecule has 0 spiro atoms. The van der Waals surface area contributed by atoms with Crippen LogP contribution in [-0.4, -0.2) is 8.07 Å². The largest absolute Gasteiger partial charge is 0.207 e. The molecule has 0 bridgehead atoms. The molecule has 0 aromatic heterocycles. The highest BCUT2D eigenvalue weighted by Gasteiger charge is 2.13. The molecule has 12 heavy (non-hydrogen) atoms. The van der Waals surface area contributed by atoms with Crippen molar-refractivity contribution in [2.75, 3.05) is 0 Å². The van der Waals surface area contributed by atoms with Gasteiger partial charge in [0.1, 0.15) is 5.82 Å². The van der Waals surface area contributed by atoms with Crippen LogP contribution >= 0.6 is 0 Å². The summed E-state index contributed by atoms with van der Waals surface area (Å²) in [5.41, 5.74) is 1.26. The van der Waals surface area contributed by atoms with E-state index in [4.69, 9.17) is 0 Å². The lowest BCUT2D eigenvalue weighted by Crippen LogP contribution is -2.23. The minimum atomic E-state index is -1.04. The molecule has 1 aromatic carbocycles. The summed E-state index contributed by atoms with van der Waals surface area (Å²) in [4.78, 5) is 0. The fourth-order valence-electron chi connectivity index (χ4n) is 1.21. The van der Waals surface area contributed by atoms with E-state index in [1.807, 2.05) is 12.1 Å². The van der Waals surface area contributed by atoms with Gasteiger partial charge in [0.2, 0.25) is 0 Å². The van der Waals surface area contributed by atoms with Crippen molar-refractivity contribution in [1.82, 2.24) is 0 Å². The van der Waals surface area contributed by atoms with Gasteiger partial charge in [0.15, 0.2) is 0 Å². The Kier molecular flexibility index (Phi) is 2.68. The fraction of sp³-hybridized carbons (Fsp3) is 0.400. The fourth-order valence-corrected chi connectivity index (χ4v) is 2.68. The molecular formula is C10H15FSi. The van der Waals surface area contributed by atoms with Gasteiger partial charge in [0, 0.05) is 8.07 Å². The van der Waals surface area contributed by atoms with E-state index in [0.717, 1.165) is 6.04 Å². The van der Waals surface area contributed by atoms with Crippen molar-refractivity contribution in [3.8, 4) is 0 Å². The zero-order chi connectivity index (χ0) is 9.19. The zero-order valence-corrected chi connectivity index (χ0v) is 8.89. The zero-order valence-electron chi connectivity index (χ0n) is 7.89. The molecule has 0 saturated heterocycles. The lowest BCUT2D eigenvalue weighted by atomic mass is 10.2. The Hall–Kier alpha value is -0.633. The summed E-state index contributed by atoms with van der Waals surface area (Å²) >= 11 is 0. The van der Waals surface area contributed by atoms with Crippen molar-refractivity contribution in [3.05, 3.63) is 35.6 Å². The Labute approximate surface area is 74.4 Å². The minimum absolute atomic E-state index is 0.144. The third-order valence-electron chi connectivity index (χ3n) is 1.65. The molecule has 0 fully saturated rings. The first-order valence-electron chi connectivity index (χ1n) is 4.22. The number of halogens is 1. The number of benzene rings is 1. The molecule has 0 heterocycles. The molecule has 66 valence electrons. The third kappa shape index (κ3) is 3.18. The van der Waals surface area contributed by atoms with Crippen LogP contribution in [0.3, 0.4) is 0 Å². The Morgan fingerprint density at radius 1 is 1.08 bits per heavy atom. The normalized spacial score (nSPS) is 11.7. The van der Waals surface area contributed by atoms with E-state index in [-0.39, 0.29) is 5.82 Å². The number of hydrogen-bond donors (Lipinski definition) is 0. The molecule has 0 aliphatic heterocycles. The Morgan fingerprint density at radius 2 is 1.58 bits per heavy atom. The van der Waals surface area contributed by atoms with Gasteiger partial charge in [-0.05, 0) is 18.2 Å². The van der Waals surface area contributed by atoms with Crippen LogP contribution in [-0.2, 0) is 6.04 Å². The van der Waals surface area contributed by atoms with Crippen LogP contribution in [0.15, 0.2) is 24.3 Å². The molecule has 2 heteroatoms. The average molecular weight is 182 g/mol. The molecule has 0 atom stereocenters. The Balaban J connectivity index is 2.71. The Bertz CT molecular complexity index is 246. The highest BCUT2D eigenvalue weighted by atomic mass is 28.3. The minimum Gasteiger partial charge on any atom is -0.207 e. The van der Waals surface area contributed by atoms with Crippen LogP contribution in [0, 0.1) is 5.82 Å². The average Bonchev–Trinajstić information content (AvgIpc) is 1.91. The van der Waals surface area contributed by atoms with E-state index in [0.29, 0.717) is 0 Å². The highest BCUT2D eigenvalue weighted by Crippen LogP contribution is 2.11. The summed E-state index contributed by atoms with van der Waals surface area (Å²) in [6.45, 7) is 6.95. The topological polar surface area (TPSA) is 0 Å². The Morgan fingerprint density at radius 3 is 2.00 bits per heavy atom. The van der Waals surface area contributed by atoms with Crippen molar-refractivity contribution in [2.24, 2.45) is 0 Å². The quantitative estimate of drug-likeness (QED) is 0.616. The second-order valence-electron chi connectivity index (χ2n) is 4.36. The van der Waals surface area contributed by atoms with Gasteiger partial charge in [-0.2, -0.15) is 0 Å². The maximum Gasteiger partial charge on any atom is 0.123 e. The van der Waals surface area contributed by atoms with Gasteiger partial charge in [0.05, 0.1) is 0 Å². The van der Waals surface area contributed by atoms with Gasteiger partial charge in [-0.1, -0.05) is 37.3 Å². The van der Waals surface area contributed by atoms with Crippen molar-refractivity contribution < 1.29 is 4.39 Å². The van der Waals surface area contributed by atoms with E-state index in [1.54, 1.807) is 0 Å². The lowest BCUT2D eigenvalue weighted by Gasteiger charge is -2.15. The molecule has 0 amide bonds. The van der Waals surface area contributed by atoms with Crippen molar-refractivity contribution >= 4 is 8.07 Å². The number of rotatable bonds is 2. The molecule has 0 unspecified atom stereocenters. The van der Waals surface area contributed by atoms with Crippen LogP contribution in [0.2, 0.25) is 19.6 Å². The summed E-state index contributed by atoms with van der Waals surface area (Å²) in [7, 11) is -1.04. The lowest BCUT2D eigenvalue weighted by molar-refractivity contribution is 0.627. The second-order valence-corrected chi connectivity index (χ2v) is 9.84. The highest BCUT2D eigenvalue weighted by molar-refractivity contribution is 6.75. The molecule has 1 rings (SSSR count). The number of hydrogen-bond acceptors (Lipinski definition) is 0. The van der Waals surface area contributed by atoms with Crippen molar-refractivity contribution in [3.63, 3.8) is 0 Å². The van der Waals surface area contributed by atoms with E-state index in [1.165, 1.54) is 17.7 Å². The molecular weight excluding hydrogens is 167 g/mol. The monoisotopic (exact) mass is 182 g/mol. The van der Waals surface area contributed by atoms with Crippen LogP contribution in [0.4, 0.5) is 4.39 Å². The maximum absolute atomic E-state index is 12.5. The predicted molar refractivity (Wildman–Crippen MR) is 53.5 cm³/mol. The SMILES string of the molecule is C[Si](C)(C)Cc1ccc(F)cc1. The van der Waals surface area contributed by atoms with E-state index >= 15 is 0 Å². The van der Waals surface area contributed by atoms with E-state index < -0.39 is 8.07 Å². The van der Waals surface area contributed by atoms with E-state index in [2.05, 4.69) is 19.6 Å². The molecule has 0 radical (unpaired) electrons. The summed E-state index contributed by atoms with van der Waals surface area (Å²) in [6.07, 6.45) is 0. The molecule has 0 aliphatic carbocycles. The van der Waals surface area contributed by atoms with Gasteiger partial charge >= 0.3 is 0 Å². The summed E-state index contributed by atoms with van der Waals surface area (Å²) < 4.78 is 12.5. The molecule has 0 aliphatic rings. The van der Waals surface area contributed by atoms with Crippen LogP contribution in [0.1, 0.15) is 5.56 Å².